The molecule has 1 aromatic rings. The standard InChI is InChI=1S/C16H29N3O2/c1-13-4-3-5-15(10-13)21-12-14(20)11-17-7-6-16-18-8-9-19(16)2/h8-9,13-15,17,20H,3-7,10-12H2,1-2H3. The van der Waals surface area contributed by atoms with Gasteiger partial charge in [0.25, 0.3) is 0 Å². The fourth-order valence-electron chi connectivity index (χ4n) is 2.94. The molecule has 21 heavy (non-hydrogen) atoms. The lowest BCUT2D eigenvalue weighted by Crippen LogP contribution is -2.34. The van der Waals surface area contributed by atoms with Crippen LogP contribution in [-0.2, 0) is 18.2 Å². The van der Waals surface area contributed by atoms with E-state index in [1.54, 1.807) is 0 Å². The monoisotopic (exact) mass is 295 g/mol. The molecule has 0 saturated heterocycles. The first-order chi connectivity index (χ1) is 10.1. The van der Waals surface area contributed by atoms with Gasteiger partial charge in [-0.2, -0.15) is 0 Å². The van der Waals surface area contributed by atoms with Crippen molar-refractivity contribution in [2.24, 2.45) is 13.0 Å². The lowest BCUT2D eigenvalue weighted by molar-refractivity contribution is -0.0305. The Balaban J connectivity index is 1.53. The number of nitrogens with zero attached hydrogens (tertiary/aromatic N) is 2. The topological polar surface area (TPSA) is 59.3 Å². The van der Waals surface area contributed by atoms with Gasteiger partial charge in [-0.05, 0) is 18.8 Å². The van der Waals surface area contributed by atoms with E-state index < -0.39 is 6.10 Å². The summed E-state index contributed by atoms with van der Waals surface area (Å²) in [6.45, 7) is 4.12. The number of aryl methyl sites for hydroxylation is 1. The van der Waals surface area contributed by atoms with Gasteiger partial charge in [0.1, 0.15) is 5.82 Å². The molecule has 3 unspecified atom stereocenters. The molecule has 0 radical (unpaired) electrons. The maximum Gasteiger partial charge on any atom is 0.109 e. The van der Waals surface area contributed by atoms with Crippen LogP contribution in [0.5, 0.6) is 0 Å². The molecule has 1 aromatic heterocycles. The smallest absolute Gasteiger partial charge is 0.109 e. The van der Waals surface area contributed by atoms with E-state index in [0.29, 0.717) is 19.3 Å². The van der Waals surface area contributed by atoms with Crippen LogP contribution in [0.15, 0.2) is 12.4 Å². The lowest BCUT2D eigenvalue weighted by atomic mass is 9.89. The van der Waals surface area contributed by atoms with E-state index in [9.17, 15) is 5.11 Å². The van der Waals surface area contributed by atoms with Gasteiger partial charge in [0.2, 0.25) is 0 Å². The number of aliphatic hydroxyl groups excluding tert-OH is 1. The van der Waals surface area contributed by atoms with Crippen molar-refractivity contribution in [1.82, 2.24) is 14.9 Å². The summed E-state index contributed by atoms with van der Waals surface area (Å²) in [5, 5.41) is 13.2. The summed E-state index contributed by atoms with van der Waals surface area (Å²) in [4.78, 5) is 4.27. The second-order valence-corrected chi connectivity index (χ2v) is 6.29. The fourth-order valence-corrected chi connectivity index (χ4v) is 2.94. The molecule has 1 heterocycles. The Kier molecular flexibility index (Phi) is 6.67. The zero-order valence-electron chi connectivity index (χ0n) is 13.3. The van der Waals surface area contributed by atoms with Crippen LogP contribution < -0.4 is 5.32 Å². The van der Waals surface area contributed by atoms with E-state index in [4.69, 9.17) is 4.74 Å². The number of nitrogens with one attached hydrogen (secondary N) is 1. The normalized spacial score (nSPS) is 24.1. The molecule has 2 rings (SSSR count). The van der Waals surface area contributed by atoms with Crippen molar-refractivity contribution in [3.63, 3.8) is 0 Å². The van der Waals surface area contributed by atoms with Crippen LogP contribution >= 0.6 is 0 Å². The Bertz CT molecular complexity index is 408. The molecule has 120 valence electrons. The third-order valence-electron chi connectivity index (χ3n) is 4.24. The Morgan fingerprint density at radius 3 is 3.10 bits per heavy atom. The number of imidazole rings is 1. The maximum absolute atomic E-state index is 9.95. The molecule has 2 N–H and O–H groups in total. The van der Waals surface area contributed by atoms with Gasteiger partial charge < -0.3 is 19.7 Å². The summed E-state index contributed by atoms with van der Waals surface area (Å²) in [7, 11) is 2.00. The van der Waals surface area contributed by atoms with Crippen LogP contribution in [0.25, 0.3) is 0 Å². The molecule has 0 amide bonds. The minimum absolute atomic E-state index is 0.343. The quantitative estimate of drug-likeness (QED) is 0.714. The van der Waals surface area contributed by atoms with Crippen molar-refractivity contribution < 1.29 is 9.84 Å². The van der Waals surface area contributed by atoms with Gasteiger partial charge in [0, 0.05) is 39.0 Å². The van der Waals surface area contributed by atoms with Crippen LogP contribution in [0.4, 0.5) is 0 Å². The average Bonchev–Trinajstić information content (AvgIpc) is 2.87. The third-order valence-corrected chi connectivity index (χ3v) is 4.24. The first kappa shape index (κ1) is 16.5. The highest BCUT2D eigenvalue weighted by molar-refractivity contribution is 4.91. The highest BCUT2D eigenvalue weighted by Gasteiger charge is 2.20. The summed E-state index contributed by atoms with van der Waals surface area (Å²) in [5.74, 6) is 1.82. The number of hydrogen-bond donors (Lipinski definition) is 2. The molecule has 0 spiro atoms. The van der Waals surface area contributed by atoms with Gasteiger partial charge in [-0.15, -0.1) is 0 Å². The van der Waals surface area contributed by atoms with Crippen molar-refractivity contribution >= 4 is 0 Å². The molecule has 0 bridgehead atoms. The molecular formula is C16H29N3O2. The molecule has 0 aromatic carbocycles. The Morgan fingerprint density at radius 1 is 1.52 bits per heavy atom. The molecular weight excluding hydrogens is 266 g/mol. The van der Waals surface area contributed by atoms with Crippen molar-refractivity contribution in [2.75, 3.05) is 19.7 Å². The SMILES string of the molecule is CC1CCCC(OCC(O)CNCCc2nccn2C)C1. The van der Waals surface area contributed by atoms with Crippen LogP contribution in [-0.4, -0.2) is 46.6 Å². The highest BCUT2D eigenvalue weighted by atomic mass is 16.5. The largest absolute Gasteiger partial charge is 0.389 e. The van der Waals surface area contributed by atoms with E-state index in [2.05, 4.69) is 17.2 Å². The first-order valence-electron chi connectivity index (χ1n) is 8.11. The molecule has 0 aliphatic heterocycles. The minimum Gasteiger partial charge on any atom is -0.389 e. The zero-order valence-corrected chi connectivity index (χ0v) is 13.3. The number of rotatable bonds is 8. The third kappa shape index (κ3) is 5.77. The van der Waals surface area contributed by atoms with Crippen LogP contribution in [0.2, 0.25) is 0 Å². The molecule has 1 fully saturated rings. The van der Waals surface area contributed by atoms with Crippen LogP contribution in [0, 0.1) is 5.92 Å². The first-order valence-corrected chi connectivity index (χ1v) is 8.11. The van der Waals surface area contributed by atoms with E-state index in [1.807, 2.05) is 24.0 Å². The Hall–Kier alpha value is -0.910. The van der Waals surface area contributed by atoms with Gasteiger partial charge in [-0.3, -0.25) is 0 Å². The Morgan fingerprint density at radius 2 is 2.38 bits per heavy atom. The lowest BCUT2D eigenvalue weighted by Gasteiger charge is -2.27. The Labute approximate surface area is 127 Å². The summed E-state index contributed by atoms with van der Waals surface area (Å²) < 4.78 is 7.85. The molecule has 3 atom stereocenters. The van der Waals surface area contributed by atoms with Crippen molar-refractivity contribution in [3.8, 4) is 0 Å². The van der Waals surface area contributed by atoms with Crippen LogP contribution in [0.3, 0.4) is 0 Å². The van der Waals surface area contributed by atoms with Crippen LogP contribution in [0.1, 0.15) is 38.4 Å². The van der Waals surface area contributed by atoms with Gasteiger partial charge in [-0.1, -0.05) is 19.8 Å². The summed E-state index contributed by atoms with van der Waals surface area (Å²) in [5.41, 5.74) is 0. The van der Waals surface area contributed by atoms with Gasteiger partial charge in [0.15, 0.2) is 0 Å². The van der Waals surface area contributed by atoms with Gasteiger partial charge in [-0.25, -0.2) is 4.98 Å². The molecule has 1 aliphatic carbocycles. The molecule has 5 heteroatoms. The highest BCUT2D eigenvalue weighted by Crippen LogP contribution is 2.25. The maximum atomic E-state index is 9.95. The molecule has 1 saturated carbocycles. The van der Waals surface area contributed by atoms with Crippen molar-refractivity contribution in [3.05, 3.63) is 18.2 Å². The predicted molar refractivity (Wildman–Crippen MR) is 83.2 cm³/mol. The van der Waals surface area contributed by atoms with E-state index >= 15 is 0 Å². The number of hydrogen-bond acceptors (Lipinski definition) is 4. The summed E-state index contributed by atoms with van der Waals surface area (Å²) in [6.07, 6.45) is 9.40. The number of aromatic nitrogens is 2. The van der Waals surface area contributed by atoms with E-state index in [1.165, 1.54) is 12.8 Å². The summed E-state index contributed by atoms with van der Waals surface area (Å²) in [6, 6.07) is 0. The molecule has 5 nitrogen and oxygen atoms in total. The average molecular weight is 295 g/mol. The fraction of sp³-hybridized carbons (Fsp3) is 0.812. The summed E-state index contributed by atoms with van der Waals surface area (Å²) >= 11 is 0. The second kappa shape index (κ2) is 8.51. The second-order valence-electron chi connectivity index (χ2n) is 6.29. The molecule has 1 aliphatic rings. The van der Waals surface area contributed by atoms with E-state index in [0.717, 1.165) is 37.5 Å². The van der Waals surface area contributed by atoms with Crippen molar-refractivity contribution in [1.29, 1.82) is 0 Å². The van der Waals surface area contributed by atoms with Gasteiger partial charge in [0.05, 0.1) is 18.8 Å². The van der Waals surface area contributed by atoms with Gasteiger partial charge >= 0.3 is 0 Å². The minimum atomic E-state index is -0.427. The predicted octanol–water partition coefficient (Wildman–Crippen LogP) is 1.51. The number of aliphatic hydroxyl groups is 1. The number of ether oxygens (including phenoxy) is 1. The zero-order chi connectivity index (χ0) is 15.1. The van der Waals surface area contributed by atoms with E-state index in [-0.39, 0.29) is 0 Å². The van der Waals surface area contributed by atoms with Crippen molar-refractivity contribution in [2.45, 2.75) is 51.2 Å².